The molecule has 1 amide bonds. The molecule has 3 rings (SSSR count). The zero-order valence-corrected chi connectivity index (χ0v) is 16.2. The molecule has 136 valence electrons. The van der Waals surface area contributed by atoms with Gasteiger partial charge in [0.2, 0.25) is 0 Å². The molecule has 1 unspecified atom stereocenters. The molecule has 0 aliphatic heterocycles. The van der Waals surface area contributed by atoms with Crippen LogP contribution in [0.15, 0.2) is 17.5 Å². The maximum absolute atomic E-state index is 12.6. The first kappa shape index (κ1) is 18.1. The minimum Gasteiger partial charge on any atom is -0.346 e. The number of thiophene rings is 1. The third-order valence-corrected chi connectivity index (χ3v) is 5.70. The molecule has 1 aliphatic carbocycles. The number of amides is 1. The molecule has 0 aromatic carbocycles. The zero-order chi connectivity index (χ0) is 17.8. The maximum Gasteiger partial charge on any atom is 0.272 e. The van der Waals surface area contributed by atoms with Gasteiger partial charge in [-0.1, -0.05) is 19.9 Å². The molecular weight excluding hydrogens is 332 g/mol. The number of rotatable bonds is 7. The highest BCUT2D eigenvalue weighted by atomic mass is 32.1. The Morgan fingerprint density at radius 2 is 2.32 bits per heavy atom. The summed E-state index contributed by atoms with van der Waals surface area (Å²) in [5.74, 6) is 0.650. The highest BCUT2D eigenvalue weighted by Gasteiger charge is 2.28. The van der Waals surface area contributed by atoms with Crippen LogP contribution in [0.1, 0.15) is 53.3 Å². The van der Waals surface area contributed by atoms with Gasteiger partial charge in [-0.3, -0.25) is 9.48 Å². The van der Waals surface area contributed by atoms with Crippen LogP contribution in [0.3, 0.4) is 0 Å². The second-order valence-electron chi connectivity index (χ2n) is 7.24. The highest BCUT2D eigenvalue weighted by Crippen LogP contribution is 2.24. The standard InChI is InChI=1S/C19H28N4OS/c1-13(2)8-9-20-14-6-7-17-16(11-14)18(22-23(17)3)19(24)21-12-15-5-4-10-25-15/h4-5,10,13-14,20H,6-9,11-12H2,1-3H3,(H,21,24). The summed E-state index contributed by atoms with van der Waals surface area (Å²) >= 11 is 1.66. The van der Waals surface area contributed by atoms with Gasteiger partial charge in [0.1, 0.15) is 0 Å². The van der Waals surface area contributed by atoms with E-state index in [9.17, 15) is 4.79 Å². The van der Waals surface area contributed by atoms with Gasteiger partial charge < -0.3 is 10.6 Å². The molecule has 2 aromatic rings. The molecule has 5 nitrogen and oxygen atoms in total. The number of hydrogen-bond acceptors (Lipinski definition) is 4. The summed E-state index contributed by atoms with van der Waals surface area (Å²) in [7, 11) is 1.95. The number of aryl methyl sites for hydroxylation is 1. The molecule has 0 bridgehead atoms. The van der Waals surface area contributed by atoms with Crippen LogP contribution in [0.2, 0.25) is 0 Å². The molecule has 0 saturated heterocycles. The van der Waals surface area contributed by atoms with Crippen LogP contribution in [-0.2, 0) is 26.4 Å². The van der Waals surface area contributed by atoms with E-state index in [0.29, 0.717) is 24.2 Å². The van der Waals surface area contributed by atoms with E-state index in [1.54, 1.807) is 11.3 Å². The Hall–Kier alpha value is -1.66. The van der Waals surface area contributed by atoms with E-state index in [2.05, 4.69) is 29.6 Å². The average molecular weight is 361 g/mol. The second kappa shape index (κ2) is 8.15. The molecule has 1 atom stereocenters. The van der Waals surface area contributed by atoms with E-state index in [-0.39, 0.29) is 5.91 Å². The van der Waals surface area contributed by atoms with E-state index in [0.717, 1.165) is 36.2 Å². The molecule has 0 spiro atoms. The Labute approximate surface area is 153 Å². The lowest BCUT2D eigenvalue weighted by atomic mass is 9.91. The summed E-state index contributed by atoms with van der Waals surface area (Å²) in [6.07, 6.45) is 4.17. The third kappa shape index (κ3) is 4.50. The SMILES string of the molecule is CC(C)CCNC1CCc2c(c(C(=O)NCc3cccs3)nn2C)C1. The van der Waals surface area contributed by atoms with E-state index < -0.39 is 0 Å². The lowest BCUT2D eigenvalue weighted by molar-refractivity contribution is 0.0944. The number of fused-ring (bicyclic) bond motifs is 1. The highest BCUT2D eigenvalue weighted by molar-refractivity contribution is 7.09. The fourth-order valence-electron chi connectivity index (χ4n) is 3.39. The van der Waals surface area contributed by atoms with Crippen molar-refractivity contribution in [2.75, 3.05) is 6.54 Å². The van der Waals surface area contributed by atoms with Crippen LogP contribution in [-0.4, -0.2) is 28.3 Å². The van der Waals surface area contributed by atoms with Crippen molar-refractivity contribution in [2.24, 2.45) is 13.0 Å². The molecule has 1 aliphatic rings. The number of nitrogens with one attached hydrogen (secondary N) is 2. The van der Waals surface area contributed by atoms with Crippen LogP contribution in [0, 0.1) is 5.92 Å². The van der Waals surface area contributed by atoms with Gasteiger partial charge in [0.15, 0.2) is 5.69 Å². The third-order valence-electron chi connectivity index (χ3n) is 4.83. The van der Waals surface area contributed by atoms with Crippen molar-refractivity contribution >= 4 is 17.2 Å². The van der Waals surface area contributed by atoms with Gasteiger partial charge in [-0.15, -0.1) is 11.3 Å². The van der Waals surface area contributed by atoms with Crippen LogP contribution >= 0.6 is 11.3 Å². The molecule has 2 heterocycles. The minimum atomic E-state index is -0.0620. The van der Waals surface area contributed by atoms with Crippen LogP contribution in [0.4, 0.5) is 0 Å². The Morgan fingerprint density at radius 3 is 3.04 bits per heavy atom. The zero-order valence-electron chi connectivity index (χ0n) is 15.3. The summed E-state index contributed by atoms with van der Waals surface area (Å²) in [5, 5.41) is 13.2. The summed E-state index contributed by atoms with van der Waals surface area (Å²) in [6.45, 7) is 6.10. The second-order valence-corrected chi connectivity index (χ2v) is 8.27. The van der Waals surface area contributed by atoms with E-state index in [4.69, 9.17) is 0 Å². The molecule has 0 fully saturated rings. The van der Waals surface area contributed by atoms with E-state index >= 15 is 0 Å². The number of nitrogens with zero attached hydrogens (tertiary/aromatic N) is 2. The van der Waals surface area contributed by atoms with Crippen LogP contribution in [0.5, 0.6) is 0 Å². The first-order chi connectivity index (χ1) is 12.0. The predicted octanol–water partition coefficient (Wildman–Crippen LogP) is 2.90. The number of carbonyl (C=O) groups is 1. The van der Waals surface area contributed by atoms with Gasteiger partial charge in [-0.2, -0.15) is 5.10 Å². The molecule has 2 aromatic heterocycles. The van der Waals surface area contributed by atoms with Gasteiger partial charge in [-0.05, 0) is 49.6 Å². The number of aromatic nitrogens is 2. The number of carbonyl (C=O) groups excluding carboxylic acids is 1. The average Bonchev–Trinajstić information content (AvgIpc) is 3.20. The van der Waals surface area contributed by atoms with Crippen molar-refractivity contribution < 1.29 is 4.79 Å². The molecule has 6 heteroatoms. The fourth-order valence-corrected chi connectivity index (χ4v) is 4.03. The van der Waals surface area contributed by atoms with Crippen molar-refractivity contribution in [3.05, 3.63) is 39.3 Å². The van der Waals surface area contributed by atoms with Crippen LogP contribution < -0.4 is 10.6 Å². The molecule has 2 N–H and O–H groups in total. The van der Waals surface area contributed by atoms with Gasteiger partial charge in [0, 0.05) is 29.2 Å². The maximum atomic E-state index is 12.6. The summed E-state index contributed by atoms with van der Waals surface area (Å²) in [4.78, 5) is 13.8. The summed E-state index contributed by atoms with van der Waals surface area (Å²) in [6, 6.07) is 4.48. The Bertz CT molecular complexity index is 705. The lowest BCUT2D eigenvalue weighted by Crippen LogP contribution is -2.36. The van der Waals surface area contributed by atoms with Gasteiger partial charge >= 0.3 is 0 Å². The van der Waals surface area contributed by atoms with Crippen LogP contribution in [0.25, 0.3) is 0 Å². The summed E-state index contributed by atoms with van der Waals surface area (Å²) in [5.41, 5.74) is 2.94. The van der Waals surface area contributed by atoms with Crippen molar-refractivity contribution in [3.63, 3.8) is 0 Å². The molecule has 0 radical (unpaired) electrons. The largest absolute Gasteiger partial charge is 0.346 e. The Morgan fingerprint density at radius 1 is 1.48 bits per heavy atom. The van der Waals surface area contributed by atoms with Gasteiger partial charge in [-0.25, -0.2) is 0 Å². The predicted molar refractivity (Wildman–Crippen MR) is 102 cm³/mol. The minimum absolute atomic E-state index is 0.0620. The quantitative estimate of drug-likeness (QED) is 0.798. The van der Waals surface area contributed by atoms with Crippen molar-refractivity contribution in [1.82, 2.24) is 20.4 Å². The monoisotopic (exact) mass is 360 g/mol. The van der Waals surface area contributed by atoms with Crippen molar-refractivity contribution in [1.29, 1.82) is 0 Å². The first-order valence-corrected chi connectivity index (χ1v) is 10.0. The van der Waals surface area contributed by atoms with Crippen molar-refractivity contribution in [3.8, 4) is 0 Å². The molecule has 0 saturated carbocycles. The Balaban J connectivity index is 1.65. The fraction of sp³-hybridized carbons (Fsp3) is 0.579. The van der Waals surface area contributed by atoms with Crippen molar-refractivity contribution in [2.45, 2.75) is 52.1 Å². The van der Waals surface area contributed by atoms with Gasteiger partial charge in [0.05, 0.1) is 6.54 Å². The molecule has 25 heavy (non-hydrogen) atoms. The number of hydrogen-bond donors (Lipinski definition) is 2. The van der Waals surface area contributed by atoms with E-state index in [1.807, 2.05) is 29.2 Å². The smallest absolute Gasteiger partial charge is 0.272 e. The van der Waals surface area contributed by atoms with Gasteiger partial charge in [0.25, 0.3) is 5.91 Å². The van der Waals surface area contributed by atoms with E-state index in [1.165, 1.54) is 12.1 Å². The lowest BCUT2D eigenvalue weighted by Gasteiger charge is -2.24. The first-order valence-electron chi connectivity index (χ1n) is 9.13. The molecular formula is C19H28N4OS. The summed E-state index contributed by atoms with van der Waals surface area (Å²) < 4.78 is 1.89. The Kier molecular flexibility index (Phi) is 5.91. The topological polar surface area (TPSA) is 59.0 Å². The normalized spacial score (nSPS) is 16.9.